The van der Waals surface area contributed by atoms with E-state index in [1.54, 1.807) is 36.0 Å². The van der Waals surface area contributed by atoms with Gasteiger partial charge in [0.1, 0.15) is 5.82 Å². The largest absolute Gasteiger partial charge is 0.338 e. The van der Waals surface area contributed by atoms with Gasteiger partial charge in [0.05, 0.1) is 24.1 Å². The molecule has 7 heteroatoms. The lowest BCUT2D eigenvalue weighted by molar-refractivity contribution is -0.133. The molecule has 0 aliphatic carbocycles. The molecular weight excluding hydrogens is 319 g/mol. The van der Waals surface area contributed by atoms with Crippen LogP contribution < -0.4 is 0 Å². The lowest BCUT2D eigenvalue weighted by Gasteiger charge is -2.29. The molecule has 0 radical (unpaired) electrons. The van der Waals surface area contributed by atoms with Crippen LogP contribution in [0.5, 0.6) is 0 Å². The van der Waals surface area contributed by atoms with Crippen LogP contribution in [0.1, 0.15) is 24.9 Å². The molecule has 2 unspecified atom stereocenters. The number of hydrogen-bond donors (Lipinski definition) is 0. The summed E-state index contributed by atoms with van der Waals surface area (Å²) in [4.78, 5) is 15.8. The summed E-state index contributed by atoms with van der Waals surface area (Å²) in [6.45, 7) is 2.05. The van der Waals surface area contributed by atoms with Crippen molar-refractivity contribution in [3.63, 3.8) is 0 Å². The van der Waals surface area contributed by atoms with Crippen LogP contribution in [0.2, 0.25) is 0 Å². The van der Waals surface area contributed by atoms with Crippen molar-refractivity contribution in [3.05, 3.63) is 35.6 Å². The minimum atomic E-state index is -2.96. The Kier molecular flexibility index (Phi) is 5.41. The maximum Gasteiger partial charge on any atom is 0.236 e. The number of amides is 1. The average molecular weight is 342 g/mol. The van der Waals surface area contributed by atoms with E-state index in [2.05, 4.69) is 0 Å². The van der Waals surface area contributed by atoms with Crippen molar-refractivity contribution in [1.29, 1.82) is 0 Å². The Morgan fingerprint density at radius 2 is 1.91 bits per heavy atom. The fourth-order valence-electron chi connectivity index (χ4n) is 2.76. The van der Waals surface area contributed by atoms with E-state index in [0.717, 1.165) is 5.56 Å². The zero-order valence-corrected chi connectivity index (χ0v) is 14.5. The van der Waals surface area contributed by atoms with E-state index in [9.17, 15) is 17.6 Å². The average Bonchev–Trinajstić information content (AvgIpc) is 2.86. The van der Waals surface area contributed by atoms with Crippen molar-refractivity contribution in [3.8, 4) is 0 Å². The lowest BCUT2D eigenvalue weighted by Crippen LogP contribution is -2.42. The molecule has 1 aromatic rings. The number of benzene rings is 1. The SMILES string of the molecule is CC(c1ccc(F)cc1)N(C)C(=O)CN(C)C1CCS(=O)(=O)C1. The van der Waals surface area contributed by atoms with Gasteiger partial charge in [0.2, 0.25) is 5.91 Å². The van der Waals surface area contributed by atoms with Gasteiger partial charge in [0, 0.05) is 13.1 Å². The first-order valence-corrected chi connectivity index (χ1v) is 9.43. The molecule has 0 aromatic heterocycles. The molecule has 1 aliphatic heterocycles. The molecule has 0 saturated carbocycles. The van der Waals surface area contributed by atoms with E-state index in [1.807, 2.05) is 6.92 Å². The van der Waals surface area contributed by atoms with E-state index < -0.39 is 9.84 Å². The predicted octanol–water partition coefficient (Wildman–Crippen LogP) is 1.46. The molecule has 5 nitrogen and oxygen atoms in total. The van der Waals surface area contributed by atoms with Gasteiger partial charge in [-0.15, -0.1) is 0 Å². The van der Waals surface area contributed by atoms with Crippen LogP contribution >= 0.6 is 0 Å². The highest BCUT2D eigenvalue weighted by molar-refractivity contribution is 7.91. The maximum absolute atomic E-state index is 13.0. The molecule has 23 heavy (non-hydrogen) atoms. The Bertz CT molecular complexity index is 660. The summed E-state index contributed by atoms with van der Waals surface area (Å²) in [5.74, 6) is -0.0859. The summed E-state index contributed by atoms with van der Waals surface area (Å²) in [6, 6.07) is 5.80. The highest BCUT2D eigenvalue weighted by Crippen LogP contribution is 2.20. The Morgan fingerprint density at radius 1 is 1.30 bits per heavy atom. The zero-order chi connectivity index (χ0) is 17.2. The molecule has 1 amide bonds. The third kappa shape index (κ3) is 4.51. The van der Waals surface area contributed by atoms with Gasteiger partial charge < -0.3 is 4.90 Å². The quantitative estimate of drug-likeness (QED) is 0.813. The first kappa shape index (κ1) is 17.9. The first-order valence-electron chi connectivity index (χ1n) is 7.61. The second kappa shape index (κ2) is 6.97. The monoisotopic (exact) mass is 342 g/mol. The van der Waals surface area contributed by atoms with Crippen LogP contribution in [-0.4, -0.2) is 62.3 Å². The van der Waals surface area contributed by atoms with Crippen molar-refractivity contribution in [2.24, 2.45) is 0 Å². The molecule has 0 spiro atoms. The third-order valence-corrected chi connectivity index (χ3v) is 6.29. The van der Waals surface area contributed by atoms with Crippen molar-refractivity contribution in [2.75, 3.05) is 32.1 Å². The summed E-state index contributed by atoms with van der Waals surface area (Å²) >= 11 is 0. The Labute approximate surface area is 137 Å². The van der Waals surface area contributed by atoms with Gasteiger partial charge in [-0.1, -0.05) is 12.1 Å². The number of carbonyl (C=O) groups excluding carboxylic acids is 1. The summed E-state index contributed by atoms with van der Waals surface area (Å²) in [5, 5.41) is 0. The highest BCUT2D eigenvalue weighted by Gasteiger charge is 2.32. The van der Waals surface area contributed by atoms with Gasteiger partial charge in [-0.05, 0) is 38.1 Å². The van der Waals surface area contributed by atoms with Crippen LogP contribution in [0, 0.1) is 5.82 Å². The second-order valence-corrected chi connectivity index (χ2v) is 8.43. The molecule has 1 aliphatic rings. The van der Waals surface area contributed by atoms with E-state index in [4.69, 9.17) is 0 Å². The first-order chi connectivity index (χ1) is 10.7. The normalized spacial score (nSPS) is 21.3. The number of rotatable bonds is 5. The minimum Gasteiger partial charge on any atom is -0.338 e. The van der Waals surface area contributed by atoms with Gasteiger partial charge in [-0.3, -0.25) is 9.69 Å². The molecule has 1 fully saturated rings. The molecular formula is C16H23FN2O3S. The Hall–Kier alpha value is -1.47. The maximum atomic E-state index is 13.0. The van der Waals surface area contributed by atoms with Crippen LogP contribution in [0.25, 0.3) is 0 Å². The highest BCUT2D eigenvalue weighted by atomic mass is 32.2. The van der Waals surface area contributed by atoms with Gasteiger partial charge in [0.25, 0.3) is 0 Å². The van der Waals surface area contributed by atoms with E-state index in [-0.39, 0.29) is 41.9 Å². The van der Waals surface area contributed by atoms with Crippen LogP contribution in [0.3, 0.4) is 0 Å². The predicted molar refractivity (Wildman–Crippen MR) is 87.3 cm³/mol. The van der Waals surface area contributed by atoms with E-state index >= 15 is 0 Å². The molecule has 0 N–H and O–H groups in total. The molecule has 1 saturated heterocycles. The number of sulfone groups is 1. The second-order valence-electron chi connectivity index (χ2n) is 6.20. The standard InChI is InChI=1S/C16H23FN2O3S/c1-12(13-4-6-14(17)7-5-13)19(3)16(20)10-18(2)15-8-9-23(21,22)11-15/h4-7,12,15H,8-11H2,1-3H3. The Balaban J connectivity index is 1.95. The number of hydrogen-bond acceptors (Lipinski definition) is 4. The summed E-state index contributed by atoms with van der Waals surface area (Å²) in [6.07, 6.45) is 0.573. The topological polar surface area (TPSA) is 57.7 Å². The van der Waals surface area contributed by atoms with Crippen molar-refractivity contribution in [1.82, 2.24) is 9.80 Å². The molecule has 2 rings (SSSR count). The van der Waals surface area contributed by atoms with Gasteiger partial charge in [-0.25, -0.2) is 12.8 Å². The lowest BCUT2D eigenvalue weighted by atomic mass is 10.1. The van der Waals surface area contributed by atoms with Crippen LogP contribution in [0.15, 0.2) is 24.3 Å². The summed E-state index contributed by atoms with van der Waals surface area (Å²) < 4.78 is 36.0. The summed E-state index contributed by atoms with van der Waals surface area (Å²) in [5.41, 5.74) is 0.855. The molecule has 2 atom stereocenters. The number of carbonyl (C=O) groups is 1. The third-order valence-electron chi connectivity index (χ3n) is 4.54. The van der Waals surface area contributed by atoms with Crippen LogP contribution in [0.4, 0.5) is 4.39 Å². The van der Waals surface area contributed by atoms with Crippen LogP contribution in [-0.2, 0) is 14.6 Å². The fraction of sp³-hybridized carbons (Fsp3) is 0.562. The van der Waals surface area contributed by atoms with E-state index in [1.165, 1.54) is 12.1 Å². The van der Waals surface area contributed by atoms with Gasteiger partial charge in [-0.2, -0.15) is 0 Å². The molecule has 1 heterocycles. The van der Waals surface area contributed by atoms with Crippen molar-refractivity contribution < 1.29 is 17.6 Å². The number of halogens is 1. The molecule has 0 bridgehead atoms. The molecule has 128 valence electrons. The van der Waals surface area contributed by atoms with E-state index in [0.29, 0.717) is 6.42 Å². The minimum absolute atomic E-state index is 0.0892. The fourth-order valence-corrected chi connectivity index (χ4v) is 4.56. The zero-order valence-electron chi connectivity index (χ0n) is 13.7. The van der Waals surface area contributed by atoms with Crippen molar-refractivity contribution in [2.45, 2.75) is 25.4 Å². The number of likely N-dealkylation sites (N-methyl/N-ethyl adjacent to an activating group) is 2. The van der Waals surface area contributed by atoms with Crippen molar-refractivity contribution >= 4 is 15.7 Å². The smallest absolute Gasteiger partial charge is 0.236 e. The molecule has 1 aromatic carbocycles. The Morgan fingerprint density at radius 3 is 2.43 bits per heavy atom. The summed E-state index contributed by atoms with van der Waals surface area (Å²) in [7, 11) is 0.520. The van der Waals surface area contributed by atoms with Gasteiger partial charge in [0.15, 0.2) is 9.84 Å². The van der Waals surface area contributed by atoms with Gasteiger partial charge >= 0.3 is 0 Å². The number of nitrogens with zero attached hydrogens (tertiary/aromatic N) is 2.